The maximum Gasteiger partial charge on any atom is 0.315 e. The number of carbonyl (C=O) groups excluding carboxylic acids is 2. The highest BCUT2D eigenvalue weighted by Crippen LogP contribution is 2.40. The number of hydrogen-bond acceptors (Lipinski definition) is 4. The first kappa shape index (κ1) is 23.1. The molecular formula is C26H21ClN2O5. The third-order valence-electron chi connectivity index (χ3n) is 5.81. The molecule has 4 rings (SSSR count). The number of halogens is 1. The van der Waals surface area contributed by atoms with Gasteiger partial charge in [0, 0.05) is 27.2 Å². The van der Waals surface area contributed by atoms with Gasteiger partial charge in [-0.15, -0.1) is 0 Å². The van der Waals surface area contributed by atoms with E-state index < -0.39 is 23.7 Å². The minimum absolute atomic E-state index is 0.0166. The molecule has 4 aromatic rings. The van der Waals surface area contributed by atoms with Crippen LogP contribution in [0.1, 0.15) is 43.5 Å². The van der Waals surface area contributed by atoms with Crippen LogP contribution in [-0.2, 0) is 4.79 Å². The molecule has 1 heterocycles. The van der Waals surface area contributed by atoms with Crippen molar-refractivity contribution in [3.8, 4) is 5.75 Å². The van der Waals surface area contributed by atoms with Gasteiger partial charge >= 0.3 is 5.97 Å². The van der Waals surface area contributed by atoms with Crippen molar-refractivity contribution in [3.05, 3.63) is 99.7 Å². The maximum atomic E-state index is 13.6. The number of carboxylic acids is 1. The summed E-state index contributed by atoms with van der Waals surface area (Å²) in [5.74, 6) is -3.30. The number of amides is 1. The van der Waals surface area contributed by atoms with Crippen LogP contribution in [0.4, 0.5) is 0 Å². The first-order chi connectivity index (χ1) is 16.3. The van der Waals surface area contributed by atoms with Gasteiger partial charge in [0.05, 0.1) is 18.2 Å². The minimum Gasteiger partial charge on any atom is -0.496 e. The number of nitrogens with zero attached hydrogens (tertiary/aromatic N) is 1. The normalized spacial score (nSPS) is 11.9. The van der Waals surface area contributed by atoms with Gasteiger partial charge in [0.25, 0.3) is 11.8 Å². The number of hydrogen-bond donors (Lipinski definition) is 2. The number of carboxylic acid groups (broad SMARTS) is 1. The van der Waals surface area contributed by atoms with E-state index in [2.05, 4.69) is 0 Å². The van der Waals surface area contributed by atoms with Gasteiger partial charge in [-0.05, 0) is 48.9 Å². The van der Waals surface area contributed by atoms with E-state index in [4.69, 9.17) is 22.1 Å². The van der Waals surface area contributed by atoms with Crippen LogP contribution in [0.25, 0.3) is 10.9 Å². The van der Waals surface area contributed by atoms with E-state index in [1.807, 2.05) is 0 Å². The molecule has 0 spiro atoms. The third-order valence-corrected chi connectivity index (χ3v) is 6.06. The lowest BCUT2D eigenvalue weighted by molar-refractivity contribution is -0.137. The number of benzene rings is 3. The highest BCUT2D eigenvalue weighted by Gasteiger charge is 2.33. The molecule has 1 atom stereocenters. The fraction of sp³-hybridized carbons (Fsp3) is 0.115. The van der Waals surface area contributed by atoms with Crippen molar-refractivity contribution in [2.24, 2.45) is 5.73 Å². The molecule has 0 radical (unpaired) electrons. The van der Waals surface area contributed by atoms with E-state index in [1.165, 1.54) is 17.7 Å². The lowest BCUT2D eigenvalue weighted by Gasteiger charge is -2.16. The fourth-order valence-electron chi connectivity index (χ4n) is 4.34. The molecule has 0 bridgehead atoms. The third kappa shape index (κ3) is 3.80. The molecule has 0 fully saturated rings. The Kier molecular flexibility index (Phi) is 6.13. The van der Waals surface area contributed by atoms with E-state index in [0.717, 1.165) is 0 Å². The van der Waals surface area contributed by atoms with Crippen LogP contribution in [0.5, 0.6) is 5.75 Å². The Bertz CT molecular complexity index is 1430. The van der Waals surface area contributed by atoms with Crippen molar-refractivity contribution < 1.29 is 24.2 Å². The molecule has 0 aliphatic carbocycles. The maximum absolute atomic E-state index is 13.6. The lowest BCUT2D eigenvalue weighted by Crippen LogP contribution is -2.17. The molecule has 34 heavy (non-hydrogen) atoms. The molecule has 0 aliphatic rings. The molecule has 3 aromatic carbocycles. The molecule has 0 saturated carbocycles. The number of aliphatic carboxylic acids is 1. The average molecular weight is 477 g/mol. The summed E-state index contributed by atoms with van der Waals surface area (Å²) in [6.07, 6.45) is 0. The van der Waals surface area contributed by atoms with Crippen LogP contribution in [0.3, 0.4) is 0 Å². The zero-order chi connectivity index (χ0) is 24.6. The summed E-state index contributed by atoms with van der Waals surface area (Å²) in [4.78, 5) is 38.7. The number of fused-ring (bicyclic) bond motifs is 1. The molecule has 1 amide bonds. The average Bonchev–Trinajstić information content (AvgIpc) is 3.10. The number of primary amides is 1. The molecule has 172 valence electrons. The highest BCUT2D eigenvalue weighted by atomic mass is 35.5. The second kappa shape index (κ2) is 9.03. The van der Waals surface area contributed by atoms with E-state index in [0.29, 0.717) is 32.9 Å². The van der Waals surface area contributed by atoms with Crippen molar-refractivity contribution in [2.75, 3.05) is 7.11 Å². The van der Waals surface area contributed by atoms with Crippen molar-refractivity contribution in [3.63, 3.8) is 0 Å². The Labute approximate surface area is 200 Å². The lowest BCUT2D eigenvalue weighted by atomic mass is 9.87. The van der Waals surface area contributed by atoms with Crippen LogP contribution < -0.4 is 10.5 Å². The van der Waals surface area contributed by atoms with Crippen LogP contribution >= 0.6 is 11.6 Å². The molecule has 1 unspecified atom stereocenters. The quantitative estimate of drug-likeness (QED) is 0.422. The molecule has 0 aliphatic heterocycles. The number of rotatable bonds is 6. The smallest absolute Gasteiger partial charge is 0.315 e. The zero-order valence-electron chi connectivity index (χ0n) is 18.4. The zero-order valence-corrected chi connectivity index (χ0v) is 19.2. The standard InChI is InChI=1S/C26H21ClN2O5/c1-14-20(21(26(32)33)15-6-4-3-5-7-15)22-18(12-13-19(34-2)23(22)24(28)30)29(14)25(31)16-8-10-17(27)11-9-16/h3-13,21H,1-2H3,(H2,28,30)(H,32,33). The van der Waals surface area contributed by atoms with E-state index in [-0.39, 0.29) is 16.7 Å². The minimum atomic E-state index is -1.16. The van der Waals surface area contributed by atoms with Crippen LogP contribution in [0.2, 0.25) is 5.02 Å². The summed E-state index contributed by atoms with van der Waals surface area (Å²) in [5.41, 5.74) is 7.61. The first-order valence-electron chi connectivity index (χ1n) is 10.4. The second-order valence-electron chi connectivity index (χ2n) is 7.73. The first-order valence-corrected chi connectivity index (χ1v) is 10.7. The monoisotopic (exact) mass is 476 g/mol. The van der Waals surface area contributed by atoms with Gasteiger partial charge < -0.3 is 15.6 Å². The highest BCUT2D eigenvalue weighted by molar-refractivity contribution is 6.30. The number of ether oxygens (including phenoxy) is 1. The van der Waals surface area contributed by atoms with Crippen molar-refractivity contribution in [2.45, 2.75) is 12.8 Å². The summed E-state index contributed by atoms with van der Waals surface area (Å²) >= 11 is 5.98. The fourth-order valence-corrected chi connectivity index (χ4v) is 4.47. The van der Waals surface area contributed by atoms with Gasteiger partial charge in [0.2, 0.25) is 0 Å². The number of carbonyl (C=O) groups is 3. The van der Waals surface area contributed by atoms with E-state index in [9.17, 15) is 19.5 Å². The van der Waals surface area contributed by atoms with Gasteiger partial charge in [0.15, 0.2) is 0 Å². The Morgan fingerprint density at radius 2 is 1.65 bits per heavy atom. The van der Waals surface area contributed by atoms with Crippen LogP contribution in [-0.4, -0.2) is 34.6 Å². The number of methoxy groups -OCH3 is 1. The summed E-state index contributed by atoms with van der Waals surface area (Å²) in [7, 11) is 1.39. The SMILES string of the molecule is COc1ccc2c(c1C(N)=O)c(C(C(=O)O)c1ccccc1)c(C)n2C(=O)c1ccc(Cl)cc1. The Morgan fingerprint density at radius 3 is 2.21 bits per heavy atom. The molecule has 0 saturated heterocycles. The van der Waals surface area contributed by atoms with E-state index >= 15 is 0 Å². The Morgan fingerprint density at radius 1 is 1.00 bits per heavy atom. The van der Waals surface area contributed by atoms with Crippen LogP contribution in [0, 0.1) is 6.92 Å². The van der Waals surface area contributed by atoms with Gasteiger partial charge in [-0.25, -0.2) is 0 Å². The second-order valence-corrected chi connectivity index (χ2v) is 8.17. The predicted molar refractivity (Wildman–Crippen MR) is 129 cm³/mol. The summed E-state index contributed by atoms with van der Waals surface area (Å²) in [6, 6.07) is 18.1. The van der Waals surface area contributed by atoms with Crippen molar-refractivity contribution >= 4 is 40.3 Å². The van der Waals surface area contributed by atoms with E-state index in [1.54, 1.807) is 67.6 Å². The van der Waals surface area contributed by atoms with Gasteiger partial charge in [-0.2, -0.15) is 0 Å². The van der Waals surface area contributed by atoms with Gasteiger partial charge in [0.1, 0.15) is 11.7 Å². The molecular weight excluding hydrogens is 456 g/mol. The number of nitrogens with two attached hydrogens (primary N) is 1. The molecule has 1 aromatic heterocycles. The topological polar surface area (TPSA) is 112 Å². The molecule has 8 heteroatoms. The van der Waals surface area contributed by atoms with Crippen LogP contribution in [0.15, 0.2) is 66.7 Å². The van der Waals surface area contributed by atoms with Crippen molar-refractivity contribution in [1.29, 1.82) is 0 Å². The predicted octanol–water partition coefficient (Wildman–Crippen LogP) is 4.62. The Balaban J connectivity index is 2.13. The molecule has 3 N–H and O–H groups in total. The number of aromatic nitrogens is 1. The van der Waals surface area contributed by atoms with Gasteiger partial charge in [-0.3, -0.25) is 19.0 Å². The summed E-state index contributed by atoms with van der Waals surface area (Å²) in [6.45, 7) is 1.65. The largest absolute Gasteiger partial charge is 0.496 e. The van der Waals surface area contributed by atoms with Gasteiger partial charge in [-0.1, -0.05) is 41.9 Å². The molecule has 7 nitrogen and oxygen atoms in total. The summed E-state index contributed by atoms with van der Waals surface area (Å²) < 4.78 is 6.77. The van der Waals surface area contributed by atoms with Crippen molar-refractivity contribution in [1.82, 2.24) is 4.57 Å². The summed E-state index contributed by atoms with van der Waals surface area (Å²) in [5, 5.41) is 11.0. The Hall–Kier alpha value is -4.10.